The Bertz CT molecular complexity index is 1290. The van der Waals surface area contributed by atoms with Gasteiger partial charge in [0.25, 0.3) is 0 Å². The fourth-order valence-corrected chi connectivity index (χ4v) is 5.33. The van der Waals surface area contributed by atoms with E-state index in [0.29, 0.717) is 12.1 Å². The molecular formula is C30H40N6. The summed E-state index contributed by atoms with van der Waals surface area (Å²) in [6.07, 6.45) is 4.55. The fraction of sp³-hybridized carbons (Fsp3) is 0.400. The summed E-state index contributed by atoms with van der Waals surface area (Å²) in [5, 5.41) is 8.53. The molecule has 1 fully saturated rings. The molecule has 2 N–H and O–H groups in total. The van der Waals surface area contributed by atoms with Crippen LogP contribution in [0, 0.1) is 13.8 Å². The molecule has 2 aromatic carbocycles. The monoisotopic (exact) mass is 484 g/mol. The lowest BCUT2D eigenvalue weighted by atomic mass is 9.91. The standard InChI is InChI=1S/C29H36N6.CH4/c1-20-18-22(21(2)35(20)25-10-6-5-7-11-25)19-30-23-14-16-24(17-15-23)31-29-32-27-13-9-8-12-26(27)28(33-29)34(3)4;/h5-13,18,23-24,30H,14-17,19H2,1-4H3,(H,31,32,33);1H4. The summed E-state index contributed by atoms with van der Waals surface area (Å²) in [5.74, 6) is 1.69. The number of nitrogens with zero attached hydrogens (tertiary/aromatic N) is 4. The SMILES string of the molecule is C.Cc1cc(CNC2CCC(Nc3nc(N(C)C)c4ccccc4n3)CC2)c(C)n1-c1ccccc1. The Labute approximate surface area is 215 Å². The summed E-state index contributed by atoms with van der Waals surface area (Å²) in [5.41, 5.74) is 6.20. The zero-order valence-corrected chi connectivity index (χ0v) is 21.3. The van der Waals surface area contributed by atoms with E-state index in [2.05, 4.69) is 82.5 Å². The van der Waals surface area contributed by atoms with Gasteiger partial charge in [0.15, 0.2) is 0 Å². The van der Waals surface area contributed by atoms with Gasteiger partial charge in [0, 0.05) is 55.2 Å². The molecule has 36 heavy (non-hydrogen) atoms. The lowest BCUT2D eigenvalue weighted by molar-refractivity contribution is 0.352. The number of hydrogen-bond acceptors (Lipinski definition) is 5. The van der Waals surface area contributed by atoms with E-state index < -0.39 is 0 Å². The molecule has 6 nitrogen and oxygen atoms in total. The highest BCUT2D eigenvalue weighted by molar-refractivity contribution is 5.90. The quantitative estimate of drug-likeness (QED) is 0.325. The molecule has 1 aliphatic rings. The highest BCUT2D eigenvalue weighted by atomic mass is 15.2. The number of nitrogens with one attached hydrogen (secondary N) is 2. The first-order valence-electron chi connectivity index (χ1n) is 12.7. The van der Waals surface area contributed by atoms with Crippen LogP contribution < -0.4 is 15.5 Å². The van der Waals surface area contributed by atoms with E-state index in [1.54, 1.807) is 0 Å². The molecule has 0 aliphatic heterocycles. The van der Waals surface area contributed by atoms with Crippen LogP contribution in [0.4, 0.5) is 11.8 Å². The Morgan fingerprint density at radius 2 is 1.56 bits per heavy atom. The smallest absolute Gasteiger partial charge is 0.225 e. The number of anilines is 2. The zero-order chi connectivity index (χ0) is 24.4. The minimum Gasteiger partial charge on any atom is -0.362 e. The van der Waals surface area contributed by atoms with Gasteiger partial charge in [-0.3, -0.25) is 0 Å². The Kier molecular flexibility index (Phi) is 7.94. The van der Waals surface area contributed by atoms with Crippen molar-refractivity contribution in [2.75, 3.05) is 24.3 Å². The molecule has 0 unspecified atom stereocenters. The summed E-state index contributed by atoms with van der Waals surface area (Å²) in [7, 11) is 4.07. The maximum absolute atomic E-state index is 4.82. The lowest BCUT2D eigenvalue weighted by Crippen LogP contribution is -2.37. The van der Waals surface area contributed by atoms with Gasteiger partial charge in [-0.2, -0.15) is 4.98 Å². The van der Waals surface area contributed by atoms with Crippen LogP contribution in [-0.4, -0.2) is 40.7 Å². The van der Waals surface area contributed by atoms with Crippen molar-refractivity contribution in [3.8, 4) is 5.69 Å². The van der Waals surface area contributed by atoms with Gasteiger partial charge in [0.2, 0.25) is 5.95 Å². The average Bonchev–Trinajstić information content (AvgIpc) is 3.16. The van der Waals surface area contributed by atoms with Gasteiger partial charge < -0.3 is 20.1 Å². The van der Waals surface area contributed by atoms with E-state index in [1.165, 1.54) is 22.6 Å². The van der Waals surface area contributed by atoms with Gasteiger partial charge >= 0.3 is 0 Å². The summed E-state index contributed by atoms with van der Waals surface area (Å²) in [6.45, 7) is 5.33. The molecule has 5 rings (SSSR count). The number of fused-ring (bicyclic) bond motifs is 1. The number of hydrogen-bond donors (Lipinski definition) is 2. The maximum Gasteiger partial charge on any atom is 0.225 e. The van der Waals surface area contributed by atoms with E-state index in [0.717, 1.165) is 54.9 Å². The number of para-hydroxylation sites is 2. The van der Waals surface area contributed by atoms with Crippen LogP contribution in [-0.2, 0) is 6.54 Å². The molecule has 0 saturated heterocycles. The van der Waals surface area contributed by atoms with Gasteiger partial charge in [0.05, 0.1) is 5.52 Å². The van der Waals surface area contributed by atoms with Crippen molar-refractivity contribution in [1.82, 2.24) is 19.9 Å². The second-order valence-corrected chi connectivity index (χ2v) is 9.92. The normalized spacial score (nSPS) is 17.6. The molecule has 4 aromatic rings. The third kappa shape index (κ3) is 5.39. The molecule has 2 aromatic heterocycles. The van der Waals surface area contributed by atoms with Gasteiger partial charge in [-0.25, -0.2) is 4.98 Å². The summed E-state index contributed by atoms with van der Waals surface area (Å²) >= 11 is 0. The molecule has 0 amide bonds. The van der Waals surface area contributed by atoms with Crippen LogP contribution in [0.5, 0.6) is 0 Å². The summed E-state index contributed by atoms with van der Waals surface area (Å²) in [6, 6.07) is 22.1. The first kappa shape index (κ1) is 25.7. The first-order chi connectivity index (χ1) is 17.0. The second kappa shape index (κ2) is 11.1. The van der Waals surface area contributed by atoms with Crippen molar-refractivity contribution in [1.29, 1.82) is 0 Å². The highest BCUT2D eigenvalue weighted by Gasteiger charge is 2.22. The molecule has 0 bridgehead atoms. The van der Waals surface area contributed by atoms with Crippen LogP contribution in [0.15, 0.2) is 60.7 Å². The van der Waals surface area contributed by atoms with E-state index in [1.807, 2.05) is 26.2 Å². The van der Waals surface area contributed by atoms with Crippen LogP contribution in [0.2, 0.25) is 0 Å². The van der Waals surface area contributed by atoms with Crippen molar-refractivity contribution >= 4 is 22.7 Å². The van der Waals surface area contributed by atoms with Gasteiger partial charge in [0.1, 0.15) is 5.82 Å². The number of aromatic nitrogens is 3. The molecule has 190 valence electrons. The van der Waals surface area contributed by atoms with Crippen molar-refractivity contribution in [2.45, 2.75) is 65.6 Å². The Morgan fingerprint density at radius 1 is 0.889 bits per heavy atom. The van der Waals surface area contributed by atoms with Gasteiger partial charge in [-0.05, 0) is 75.4 Å². The minimum absolute atomic E-state index is 0. The van der Waals surface area contributed by atoms with Crippen molar-refractivity contribution in [3.05, 3.63) is 77.6 Å². The molecule has 1 saturated carbocycles. The van der Waals surface area contributed by atoms with Gasteiger partial charge in [-0.15, -0.1) is 0 Å². The van der Waals surface area contributed by atoms with Crippen molar-refractivity contribution < 1.29 is 0 Å². The molecule has 6 heteroatoms. The van der Waals surface area contributed by atoms with E-state index in [9.17, 15) is 0 Å². The molecule has 2 heterocycles. The Morgan fingerprint density at radius 3 is 2.28 bits per heavy atom. The first-order valence-corrected chi connectivity index (χ1v) is 12.7. The predicted molar refractivity (Wildman–Crippen MR) is 152 cm³/mol. The van der Waals surface area contributed by atoms with Crippen molar-refractivity contribution in [2.24, 2.45) is 0 Å². The third-order valence-electron chi connectivity index (χ3n) is 7.20. The number of rotatable bonds is 7. The Balaban J connectivity index is 0.00000304. The molecule has 1 aliphatic carbocycles. The molecule has 0 atom stereocenters. The molecule has 0 spiro atoms. The zero-order valence-electron chi connectivity index (χ0n) is 21.3. The topological polar surface area (TPSA) is 58.0 Å². The van der Waals surface area contributed by atoms with Crippen LogP contribution >= 0.6 is 0 Å². The highest BCUT2D eigenvalue weighted by Crippen LogP contribution is 2.27. The Hall–Kier alpha value is -3.38. The molecule has 0 radical (unpaired) electrons. The molecular weight excluding hydrogens is 444 g/mol. The minimum atomic E-state index is 0. The van der Waals surface area contributed by atoms with Crippen LogP contribution in [0.25, 0.3) is 16.6 Å². The van der Waals surface area contributed by atoms with Crippen LogP contribution in [0.3, 0.4) is 0 Å². The predicted octanol–water partition coefficient (Wildman–Crippen LogP) is 6.25. The second-order valence-electron chi connectivity index (χ2n) is 9.92. The largest absolute Gasteiger partial charge is 0.362 e. The summed E-state index contributed by atoms with van der Waals surface area (Å²) in [4.78, 5) is 11.7. The van der Waals surface area contributed by atoms with E-state index >= 15 is 0 Å². The third-order valence-corrected chi connectivity index (χ3v) is 7.20. The lowest BCUT2D eigenvalue weighted by Gasteiger charge is -2.30. The van der Waals surface area contributed by atoms with Gasteiger partial charge in [-0.1, -0.05) is 37.8 Å². The fourth-order valence-electron chi connectivity index (χ4n) is 5.33. The van der Waals surface area contributed by atoms with Crippen molar-refractivity contribution in [3.63, 3.8) is 0 Å². The number of benzene rings is 2. The van der Waals surface area contributed by atoms with Crippen LogP contribution in [0.1, 0.15) is 50.1 Å². The summed E-state index contributed by atoms with van der Waals surface area (Å²) < 4.78 is 2.35. The average molecular weight is 485 g/mol. The number of aryl methyl sites for hydroxylation is 1. The maximum atomic E-state index is 4.82. The van der Waals surface area contributed by atoms with E-state index in [-0.39, 0.29) is 7.43 Å². The van der Waals surface area contributed by atoms with E-state index in [4.69, 9.17) is 9.97 Å².